The lowest BCUT2D eigenvalue weighted by atomic mass is 10.1. The predicted octanol–water partition coefficient (Wildman–Crippen LogP) is 4.19. The van der Waals surface area contributed by atoms with Crippen LogP contribution in [0.25, 0.3) is 21.5 Å². The highest BCUT2D eigenvalue weighted by atomic mass is 32.1. The van der Waals surface area contributed by atoms with E-state index in [0.29, 0.717) is 0 Å². The van der Waals surface area contributed by atoms with Gasteiger partial charge in [0.2, 0.25) is 6.41 Å². The molecular formula is C19H24N4OS. The molecule has 0 aliphatic carbocycles. The zero-order chi connectivity index (χ0) is 17.8. The van der Waals surface area contributed by atoms with Gasteiger partial charge in [-0.05, 0) is 38.2 Å². The number of thiazole rings is 1. The largest absolute Gasteiger partial charge is 0.346 e. The summed E-state index contributed by atoms with van der Waals surface area (Å²) in [6.07, 6.45) is 2.71. The molecule has 1 N–H and O–H groups in total. The minimum Gasteiger partial charge on any atom is -0.346 e. The number of aromatic nitrogens is 2. The van der Waals surface area contributed by atoms with E-state index in [4.69, 9.17) is 4.98 Å². The maximum absolute atomic E-state index is 10.9. The van der Waals surface area contributed by atoms with Crippen LogP contribution in [0.4, 0.5) is 5.69 Å². The summed E-state index contributed by atoms with van der Waals surface area (Å²) in [6, 6.07) is 6.34. The van der Waals surface area contributed by atoms with Crippen molar-refractivity contribution in [2.24, 2.45) is 0 Å². The molecule has 0 fully saturated rings. The number of hydrogen-bond donors (Lipinski definition) is 1. The van der Waals surface area contributed by atoms with Crippen LogP contribution in [0, 0.1) is 0 Å². The van der Waals surface area contributed by atoms with Gasteiger partial charge in [0.1, 0.15) is 5.01 Å². The Balaban J connectivity index is 1.95. The molecule has 0 saturated heterocycles. The average molecular weight is 356 g/mol. The molecule has 3 aromatic rings. The third kappa shape index (κ3) is 3.60. The zero-order valence-corrected chi connectivity index (χ0v) is 15.8. The summed E-state index contributed by atoms with van der Waals surface area (Å²) >= 11 is 1.67. The third-order valence-corrected chi connectivity index (χ3v) is 5.46. The van der Waals surface area contributed by atoms with Gasteiger partial charge in [0.15, 0.2) is 0 Å². The summed E-state index contributed by atoms with van der Waals surface area (Å²) in [5.74, 6) is 0. The number of anilines is 1. The zero-order valence-electron chi connectivity index (χ0n) is 15.0. The van der Waals surface area contributed by atoms with Crippen molar-refractivity contribution in [2.45, 2.75) is 33.9 Å². The summed E-state index contributed by atoms with van der Waals surface area (Å²) in [5, 5.41) is 7.01. The molecule has 1 aromatic carbocycles. The second kappa shape index (κ2) is 7.80. The first kappa shape index (κ1) is 17.6. The Morgan fingerprint density at radius 2 is 2.08 bits per heavy atom. The van der Waals surface area contributed by atoms with Crippen molar-refractivity contribution >= 4 is 34.3 Å². The van der Waals surface area contributed by atoms with E-state index in [0.717, 1.165) is 65.4 Å². The number of rotatable bonds is 8. The van der Waals surface area contributed by atoms with Crippen LogP contribution in [0.5, 0.6) is 0 Å². The predicted molar refractivity (Wildman–Crippen MR) is 105 cm³/mol. The molecule has 0 aliphatic heterocycles. The molecule has 0 bridgehead atoms. The standard InChI is InChI=1S/C19H24N4OS/c1-4-22(5-2)10-15-12-25-19(21-15)14-7-8-18-16(9-14)17(20-13-24)11-23(18)6-3/h7-9,11-13H,4-6,10H2,1-3H3,(H,20,24). The van der Waals surface area contributed by atoms with Crippen molar-refractivity contribution in [3.63, 3.8) is 0 Å². The van der Waals surface area contributed by atoms with Crippen molar-refractivity contribution in [3.05, 3.63) is 35.5 Å². The molecule has 2 heterocycles. The van der Waals surface area contributed by atoms with Crippen molar-refractivity contribution in [2.75, 3.05) is 18.4 Å². The van der Waals surface area contributed by atoms with E-state index >= 15 is 0 Å². The number of benzene rings is 1. The van der Waals surface area contributed by atoms with Gasteiger partial charge < -0.3 is 9.88 Å². The smallest absolute Gasteiger partial charge is 0.211 e. The Morgan fingerprint density at radius 1 is 1.28 bits per heavy atom. The van der Waals surface area contributed by atoms with Gasteiger partial charge in [-0.3, -0.25) is 9.69 Å². The van der Waals surface area contributed by atoms with Crippen LogP contribution in [0.1, 0.15) is 26.5 Å². The quantitative estimate of drug-likeness (QED) is 0.616. The normalized spacial score (nSPS) is 11.4. The average Bonchev–Trinajstić information content (AvgIpc) is 3.24. The number of aryl methyl sites for hydroxylation is 1. The number of carbonyl (C=O) groups excluding carboxylic acids is 1. The Kier molecular flexibility index (Phi) is 5.50. The van der Waals surface area contributed by atoms with Crippen LogP contribution in [-0.2, 0) is 17.9 Å². The fraction of sp³-hybridized carbons (Fsp3) is 0.368. The van der Waals surface area contributed by atoms with E-state index in [9.17, 15) is 4.79 Å². The minimum atomic E-state index is 0.729. The Hall–Kier alpha value is -2.18. The monoisotopic (exact) mass is 356 g/mol. The second-order valence-corrected chi connectivity index (χ2v) is 6.79. The highest BCUT2D eigenvalue weighted by Crippen LogP contribution is 2.32. The summed E-state index contributed by atoms with van der Waals surface area (Å²) in [6.45, 7) is 10.2. The first-order valence-corrected chi connectivity index (χ1v) is 9.58. The number of nitrogens with one attached hydrogen (secondary N) is 1. The molecule has 0 aliphatic rings. The topological polar surface area (TPSA) is 50.2 Å². The Labute approximate surface area is 152 Å². The van der Waals surface area contributed by atoms with Gasteiger partial charge in [-0.25, -0.2) is 4.98 Å². The van der Waals surface area contributed by atoms with Crippen molar-refractivity contribution < 1.29 is 4.79 Å². The molecule has 0 atom stereocenters. The van der Waals surface area contributed by atoms with Gasteiger partial charge in [0, 0.05) is 35.6 Å². The van der Waals surface area contributed by atoms with Crippen LogP contribution in [0.3, 0.4) is 0 Å². The molecule has 0 unspecified atom stereocenters. The Bertz CT molecular complexity index is 864. The molecule has 132 valence electrons. The summed E-state index contributed by atoms with van der Waals surface area (Å²) in [5.41, 5.74) is 4.16. The van der Waals surface area contributed by atoms with Gasteiger partial charge in [-0.1, -0.05) is 13.8 Å². The fourth-order valence-electron chi connectivity index (χ4n) is 3.06. The van der Waals surface area contributed by atoms with Crippen molar-refractivity contribution in [3.8, 4) is 10.6 Å². The highest BCUT2D eigenvalue weighted by Gasteiger charge is 2.12. The van der Waals surface area contributed by atoms with Gasteiger partial charge in [0.05, 0.1) is 16.9 Å². The molecule has 3 rings (SSSR count). The Morgan fingerprint density at radius 3 is 2.76 bits per heavy atom. The van der Waals surface area contributed by atoms with Crippen LogP contribution in [0.2, 0.25) is 0 Å². The van der Waals surface area contributed by atoms with Crippen LogP contribution < -0.4 is 5.32 Å². The molecule has 5 nitrogen and oxygen atoms in total. The number of nitrogens with zero attached hydrogens (tertiary/aromatic N) is 3. The van der Waals surface area contributed by atoms with Crippen molar-refractivity contribution in [1.29, 1.82) is 0 Å². The molecule has 0 spiro atoms. The maximum atomic E-state index is 10.9. The molecule has 0 saturated carbocycles. The number of hydrogen-bond acceptors (Lipinski definition) is 4. The van der Waals surface area contributed by atoms with Crippen LogP contribution in [0.15, 0.2) is 29.8 Å². The van der Waals surface area contributed by atoms with Gasteiger partial charge in [0.25, 0.3) is 0 Å². The summed E-state index contributed by atoms with van der Waals surface area (Å²) in [4.78, 5) is 18.1. The first-order valence-electron chi connectivity index (χ1n) is 8.70. The maximum Gasteiger partial charge on any atom is 0.211 e. The van der Waals surface area contributed by atoms with Gasteiger partial charge in [-0.15, -0.1) is 11.3 Å². The van der Waals surface area contributed by atoms with Crippen LogP contribution >= 0.6 is 11.3 Å². The van der Waals surface area contributed by atoms with Crippen LogP contribution in [-0.4, -0.2) is 34.0 Å². The SMILES string of the molecule is CCN(CC)Cc1csc(-c2ccc3c(c2)c(NC=O)cn3CC)n1. The van der Waals surface area contributed by atoms with Crippen molar-refractivity contribution in [1.82, 2.24) is 14.5 Å². The fourth-order valence-corrected chi connectivity index (χ4v) is 3.87. The molecule has 0 radical (unpaired) electrons. The lowest BCUT2D eigenvalue weighted by molar-refractivity contribution is -0.105. The van der Waals surface area contributed by atoms with E-state index in [-0.39, 0.29) is 0 Å². The number of carbonyl (C=O) groups is 1. The van der Waals surface area contributed by atoms with E-state index in [1.165, 1.54) is 0 Å². The second-order valence-electron chi connectivity index (χ2n) is 5.93. The van der Waals surface area contributed by atoms with E-state index in [2.05, 4.69) is 59.1 Å². The molecule has 1 amide bonds. The summed E-state index contributed by atoms with van der Waals surface area (Å²) < 4.78 is 2.14. The first-order chi connectivity index (χ1) is 12.2. The van der Waals surface area contributed by atoms with Gasteiger partial charge in [-0.2, -0.15) is 0 Å². The van der Waals surface area contributed by atoms with E-state index in [1.54, 1.807) is 11.3 Å². The molecule has 6 heteroatoms. The molecule has 2 aromatic heterocycles. The number of fused-ring (bicyclic) bond motifs is 1. The highest BCUT2D eigenvalue weighted by molar-refractivity contribution is 7.13. The third-order valence-electron chi connectivity index (χ3n) is 4.51. The molecular weight excluding hydrogens is 332 g/mol. The summed E-state index contributed by atoms with van der Waals surface area (Å²) in [7, 11) is 0. The number of amides is 1. The lowest BCUT2D eigenvalue weighted by Crippen LogP contribution is -2.22. The van der Waals surface area contributed by atoms with Gasteiger partial charge >= 0.3 is 0 Å². The minimum absolute atomic E-state index is 0.729. The van der Waals surface area contributed by atoms with E-state index in [1.807, 2.05) is 6.20 Å². The lowest BCUT2D eigenvalue weighted by Gasteiger charge is -2.15. The molecule has 25 heavy (non-hydrogen) atoms. The van der Waals surface area contributed by atoms with E-state index < -0.39 is 0 Å².